The van der Waals surface area contributed by atoms with E-state index in [9.17, 15) is 9.18 Å². The van der Waals surface area contributed by atoms with Gasteiger partial charge in [-0.3, -0.25) is 4.79 Å². The SMILES string of the molecule is O=C(CSc1nncn1C1CC1)Nc1ccc(Cl)cc1F. The third kappa shape index (κ3) is 3.54. The molecule has 1 saturated carbocycles. The zero-order valence-electron chi connectivity index (χ0n) is 10.9. The lowest BCUT2D eigenvalue weighted by atomic mass is 10.3. The van der Waals surface area contributed by atoms with Crippen LogP contribution in [-0.4, -0.2) is 26.4 Å². The van der Waals surface area contributed by atoms with Crippen molar-refractivity contribution < 1.29 is 9.18 Å². The van der Waals surface area contributed by atoms with Crippen LogP contribution in [0.4, 0.5) is 10.1 Å². The molecule has 1 amide bonds. The fourth-order valence-corrected chi connectivity index (χ4v) is 2.79. The number of rotatable bonds is 5. The van der Waals surface area contributed by atoms with Gasteiger partial charge >= 0.3 is 0 Å². The maximum atomic E-state index is 13.6. The molecule has 1 aromatic carbocycles. The Morgan fingerprint density at radius 2 is 2.33 bits per heavy atom. The van der Waals surface area contributed by atoms with Crippen molar-refractivity contribution in [1.82, 2.24) is 14.8 Å². The molecule has 21 heavy (non-hydrogen) atoms. The zero-order valence-corrected chi connectivity index (χ0v) is 12.5. The van der Waals surface area contributed by atoms with Crippen molar-refractivity contribution in [3.8, 4) is 0 Å². The molecule has 1 aliphatic rings. The van der Waals surface area contributed by atoms with E-state index in [4.69, 9.17) is 11.6 Å². The minimum absolute atomic E-state index is 0.119. The van der Waals surface area contributed by atoms with E-state index >= 15 is 0 Å². The minimum Gasteiger partial charge on any atom is -0.323 e. The van der Waals surface area contributed by atoms with E-state index in [1.807, 2.05) is 4.57 Å². The topological polar surface area (TPSA) is 59.8 Å². The fourth-order valence-electron chi connectivity index (χ4n) is 1.85. The second-order valence-electron chi connectivity index (χ2n) is 4.71. The first-order valence-electron chi connectivity index (χ1n) is 6.40. The zero-order chi connectivity index (χ0) is 14.8. The molecular weight excluding hydrogens is 315 g/mol. The van der Waals surface area contributed by atoms with Crippen molar-refractivity contribution in [1.29, 1.82) is 0 Å². The number of amides is 1. The van der Waals surface area contributed by atoms with Gasteiger partial charge in [-0.25, -0.2) is 4.39 Å². The van der Waals surface area contributed by atoms with Crippen LogP contribution < -0.4 is 5.32 Å². The Hall–Kier alpha value is -1.60. The summed E-state index contributed by atoms with van der Waals surface area (Å²) in [5, 5.41) is 11.4. The maximum absolute atomic E-state index is 13.6. The predicted molar refractivity (Wildman–Crippen MR) is 79.1 cm³/mol. The van der Waals surface area contributed by atoms with Gasteiger partial charge in [0.15, 0.2) is 5.16 Å². The summed E-state index contributed by atoms with van der Waals surface area (Å²) in [6.45, 7) is 0. The summed E-state index contributed by atoms with van der Waals surface area (Å²) in [6, 6.07) is 4.58. The molecule has 1 heterocycles. The number of nitrogens with zero attached hydrogens (tertiary/aromatic N) is 3. The van der Waals surface area contributed by atoms with Crippen LogP contribution in [-0.2, 0) is 4.79 Å². The number of carbonyl (C=O) groups excluding carboxylic acids is 1. The molecule has 0 saturated heterocycles. The van der Waals surface area contributed by atoms with Crippen LogP contribution in [0.25, 0.3) is 0 Å². The number of thioether (sulfide) groups is 1. The molecule has 3 rings (SSSR count). The Labute approximate surface area is 129 Å². The van der Waals surface area contributed by atoms with E-state index in [2.05, 4.69) is 15.5 Å². The number of aromatic nitrogens is 3. The van der Waals surface area contributed by atoms with E-state index in [0.717, 1.165) is 18.9 Å². The Morgan fingerprint density at radius 1 is 1.52 bits per heavy atom. The third-order valence-electron chi connectivity index (χ3n) is 3.02. The highest BCUT2D eigenvalue weighted by molar-refractivity contribution is 7.99. The highest BCUT2D eigenvalue weighted by atomic mass is 35.5. The van der Waals surface area contributed by atoms with E-state index in [1.165, 1.54) is 23.9 Å². The average Bonchev–Trinajstić information content (AvgIpc) is 3.18. The van der Waals surface area contributed by atoms with Crippen LogP contribution in [0.3, 0.4) is 0 Å². The van der Waals surface area contributed by atoms with Crippen molar-refractivity contribution >= 4 is 35.0 Å². The van der Waals surface area contributed by atoms with Crippen LogP contribution in [0, 0.1) is 5.82 Å². The summed E-state index contributed by atoms with van der Waals surface area (Å²) in [5.41, 5.74) is 0.119. The molecule has 2 aromatic rings. The molecule has 1 aliphatic carbocycles. The number of nitrogens with one attached hydrogen (secondary N) is 1. The highest BCUT2D eigenvalue weighted by Crippen LogP contribution is 2.37. The largest absolute Gasteiger partial charge is 0.323 e. The number of carbonyl (C=O) groups is 1. The molecule has 0 radical (unpaired) electrons. The molecule has 110 valence electrons. The van der Waals surface area contributed by atoms with Crippen LogP contribution in [0.5, 0.6) is 0 Å². The average molecular weight is 327 g/mol. The van der Waals surface area contributed by atoms with Gasteiger partial charge in [-0.05, 0) is 31.0 Å². The lowest BCUT2D eigenvalue weighted by Gasteiger charge is -2.07. The monoisotopic (exact) mass is 326 g/mol. The number of benzene rings is 1. The quantitative estimate of drug-likeness (QED) is 0.858. The fraction of sp³-hybridized carbons (Fsp3) is 0.308. The van der Waals surface area contributed by atoms with Gasteiger partial charge in [0, 0.05) is 11.1 Å². The number of hydrogen-bond donors (Lipinski definition) is 1. The molecule has 1 fully saturated rings. The summed E-state index contributed by atoms with van der Waals surface area (Å²) in [4.78, 5) is 11.9. The second kappa shape index (κ2) is 6.03. The van der Waals surface area contributed by atoms with E-state index in [0.29, 0.717) is 11.2 Å². The number of hydrogen-bond acceptors (Lipinski definition) is 4. The van der Waals surface area contributed by atoms with Crippen molar-refractivity contribution in [2.45, 2.75) is 24.0 Å². The highest BCUT2D eigenvalue weighted by Gasteiger charge is 2.26. The summed E-state index contributed by atoms with van der Waals surface area (Å²) < 4.78 is 15.5. The Morgan fingerprint density at radius 3 is 3.05 bits per heavy atom. The first-order valence-corrected chi connectivity index (χ1v) is 7.77. The van der Waals surface area contributed by atoms with Gasteiger partial charge < -0.3 is 9.88 Å². The van der Waals surface area contributed by atoms with Crippen LogP contribution in [0.1, 0.15) is 18.9 Å². The summed E-state index contributed by atoms with van der Waals surface area (Å²) in [7, 11) is 0. The predicted octanol–water partition coefficient (Wildman–Crippen LogP) is 3.14. The van der Waals surface area contributed by atoms with Crippen molar-refractivity contribution in [3.63, 3.8) is 0 Å². The Bertz CT molecular complexity index is 674. The first kappa shape index (κ1) is 14.3. The lowest BCUT2D eigenvalue weighted by Crippen LogP contribution is -2.15. The van der Waals surface area contributed by atoms with Gasteiger partial charge in [-0.15, -0.1) is 10.2 Å². The number of halogens is 2. The molecule has 0 aliphatic heterocycles. The number of anilines is 1. The third-order valence-corrected chi connectivity index (χ3v) is 4.21. The van der Waals surface area contributed by atoms with Crippen LogP contribution in [0.2, 0.25) is 5.02 Å². The molecule has 0 bridgehead atoms. The Balaban J connectivity index is 1.57. The van der Waals surface area contributed by atoms with Gasteiger partial charge in [-0.1, -0.05) is 23.4 Å². The van der Waals surface area contributed by atoms with Crippen LogP contribution in [0.15, 0.2) is 29.7 Å². The van der Waals surface area contributed by atoms with Crippen molar-refractivity contribution in [2.24, 2.45) is 0 Å². The first-order chi connectivity index (χ1) is 10.1. The molecule has 0 unspecified atom stereocenters. The smallest absolute Gasteiger partial charge is 0.234 e. The Kier molecular flexibility index (Phi) is 4.12. The van der Waals surface area contributed by atoms with Crippen molar-refractivity contribution in [2.75, 3.05) is 11.1 Å². The summed E-state index contributed by atoms with van der Waals surface area (Å²) in [6.07, 6.45) is 3.92. The molecule has 1 N–H and O–H groups in total. The standard InChI is InChI=1S/C13H12ClFN4OS/c14-8-1-4-11(10(15)5-8)17-12(20)6-21-13-18-16-7-19(13)9-2-3-9/h1,4-5,7,9H,2-3,6H2,(H,17,20). The molecule has 8 heteroatoms. The van der Waals surface area contributed by atoms with Crippen molar-refractivity contribution in [3.05, 3.63) is 35.4 Å². The molecular formula is C13H12ClFN4OS. The minimum atomic E-state index is -0.554. The summed E-state index contributed by atoms with van der Waals surface area (Å²) in [5.74, 6) is -0.707. The van der Waals surface area contributed by atoms with Crippen LogP contribution >= 0.6 is 23.4 Å². The molecule has 0 spiro atoms. The molecule has 5 nitrogen and oxygen atoms in total. The van der Waals surface area contributed by atoms with E-state index in [1.54, 1.807) is 6.33 Å². The van der Waals surface area contributed by atoms with Gasteiger partial charge in [0.1, 0.15) is 12.1 Å². The van der Waals surface area contributed by atoms with Gasteiger partial charge in [0.25, 0.3) is 0 Å². The van der Waals surface area contributed by atoms with Gasteiger partial charge in [0.2, 0.25) is 5.91 Å². The summed E-state index contributed by atoms with van der Waals surface area (Å²) >= 11 is 6.95. The van der Waals surface area contributed by atoms with Gasteiger partial charge in [0.05, 0.1) is 11.4 Å². The second-order valence-corrected chi connectivity index (χ2v) is 6.09. The van der Waals surface area contributed by atoms with Gasteiger partial charge in [-0.2, -0.15) is 0 Å². The van der Waals surface area contributed by atoms with E-state index in [-0.39, 0.29) is 22.4 Å². The molecule has 0 atom stereocenters. The normalized spacial score (nSPS) is 14.2. The maximum Gasteiger partial charge on any atom is 0.234 e. The molecule has 1 aromatic heterocycles. The lowest BCUT2D eigenvalue weighted by molar-refractivity contribution is -0.113. The van der Waals surface area contributed by atoms with E-state index < -0.39 is 5.82 Å².